The smallest absolute Gasteiger partial charge is 0.333 e. The lowest BCUT2D eigenvalue weighted by atomic mass is 10.0. The molecule has 0 unspecified atom stereocenters. The SMILES string of the molecule is CCCC(=O)N(C)[C@H](SCCN(CC)CC)C(=O)N(C)[C@H](C(=O)NC(=O)N(C)C(=O)NC(=O)N[C@@H](C)C(=O)N(C)[C@@H](CC(C)C)C(=O)NC)C(C)C. The van der Waals surface area contributed by atoms with Crippen molar-refractivity contribution in [3.8, 4) is 0 Å². The largest absolute Gasteiger partial charge is 0.357 e. The van der Waals surface area contributed by atoms with E-state index in [9.17, 15) is 38.4 Å². The van der Waals surface area contributed by atoms with Gasteiger partial charge in [-0.25, -0.2) is 19.3 Å². The molecule has 4 atom stereocenters. The Hall–Kier alpha value is -3.93. The van der Waals surface area contributed by atoms with Crippen molar-refractivity contribution < 1.29 is 38.4 Å². The highest BCUT2D eigenvalue weighted by atomic mass is 32.2. The zero-order valence-corrected chi connectivity index (χ0v) is 34.1. The first-order chi connectivity index (χ1) is 24.2. The molecule has 298 valence electrons. The number of urea groups is 3. The van der Waals surface area contributed by atoms with Crippen LogP contribution in [0.4, 0.5) is 14.4 Å². The van der Waals surface area contributed by atoms with Gasteiger partial charge in [-0.2, -0.15) is 0 Å². The van der Waals surface area contributed by atoms with E-state index in [0.29, 0.717) is 30.0 Å². The molecule has 0 fully saturated rings. The Morgan fingerprint density at radius 2 is 1.27 bits per heavy atom. The average molecular weight is 758 g/mol. The van der Waals surface area contributed by atoms with Crippen LogP contribution in [0.15, 0.2) is 0 Å². The van der Waals surface area contributed by atoms with E-state index in [0.717, 1.165) is 20.1 Å². The maximum atomic E-state index is 13.9. The van der Waals surface area contributed by atoms with Crippen molar-refractivity contribution in [1.82, 2.24) is 45.8 Å². The van der Waals surface area contributed by atoms with Gasteiger partial charge in [0.25, 0.3) is 11.8 Å². The minimum atomic E-state index is -1.20. The number of carbonyl (C=O) groups is 8. The first-order valence-corrected chi connectivity index (χ1v) is 18.8. The molecule has 0 aromatic carbocycles. The number of amides is 11. The Balaban J connectivity index is 5.70. The van der Waals surface area contributed by atoms with Gasteiger partial charge in [-0.15, -0.1) is 11.8 Å². The molecular formula is C34H63N9O8S. The minimum absolute atomic E-state index is 0.0958. The second kappa shape index (κ2) is 23.6. The lowest BCUT2D eigenvalue weighted by Crippen LogP contribution is -2.59. The fraction of sp³-hybridized carbons (Fsp3) is 0.765. The highest BCUT2D eigenvalue weighted by Gasteiger charge is 2.38. The highest BCUT2D eigenvalue weighted by Crippen LogP contribution is 2.22. The van der Waals surface area contributed by atoms with Gasteiger partial charge in [0.2, 0.25) is 17.7 Å². The van der Waals surface area contributed by atoms with Crippen molar-refractivity contribution in [3.63, 3.8) is 0 Å². The molecule has 0 aromatic rings. The standard InChI is InChI=1S/C34H63N9O8S/c1-14-17-25(44)40(11)31(52-19-18-43(15-2)16-3)30(48)41(12)26(22(6)7)28(46)37-33(50)42(13)34(51)38-32(49)36-23(8)29(47)39(10)24(20-21(4)5)27(45)35-9/h21-24,26,31H,14-20H2,1-13H3,(H,35,45)(H,37,46,50)(H2,36,38,49,51)/t23-,24-,26-,31+/m0/s1. The summed E-state index contributed by atoms with van der Waals surface area (Å²) in [7, 11) is 6.90. The number of thioether (sulfide) groups is 1. The zero-order chi connectivity index (χ0) is 40.5. The third-order valence-electron chi connectivity index (χ3n) is 8.50. The molecule has 0 radical (unpaired) electrons. The summed E-state index contributed by atoms with van der Waals surface area (Å²) in [6.07, 6.45) is 1.22. The summed E-state index contributed by atoms with van der Waals surface area (Å²) >= 11 is 1.29. The summed E-state index contributed by atoms with van der Waals surface area (Å²) in [6.45, 7) is 16.8. The monoisotopic (exact) mass is 757 g/mol. The second-order valence-electron chi connectivity index (χ2n) is 13.3. The predicted octanol–water partition coefficient (Wildman–Crippen LogP) is 1.72. The molecule has 0 rings (SSSR count). The number of nitrogens with one attached hydrogen (secondary N) is 4. The van der Waals surface area contributed by atoms with Crippen LogP contribution in [0.5, 0.6) is 0 Å². The summed E-state index contributed by atoms with van der Waals surface area (Å²) in [5, 5.41) is 7.98. The van der Waals surface area contributed by atoms with Crippen LogP contribution in [-0.2, 0) is 24.0 Å². The third kappa shape index (κ3) is 15.0. The fourth-order valence-electron chi connectivity index (χ4n) is 5.28. The predicted molar refractivity (Wildman–Crippen MR) is 201 cm³/mol. The van der Waals surface area contributed by atoms with Gasteiger partial charge in [-0.1, -0.05) is 48.5 Å². The number of hydrogen-bond donors (Lipinski definition) is 4. The summed E-state index contributed by atoms with van der Waals surface area (Å²) in [4.78, 5) is 110. The van der Waals surface area contributed by atoms with Crippen molar-refractivity contribution in [2.45, 2.75) is 98.2 Å². The normalized spacial score (nSPS) is 13.4. The van der Waals surface area contributed by atoms with Crippen LogP contribution in [0.2, 0.25) is 0 Å². The Bertz CT molecular complexity index is 1250. The first-order valence-electron chi connectivity index (χ1n) is 17.7. The molecular weight excluding hydrogens is 694 g/mol. The number of hydrogen-bond acceptors (Lipinski definition) is 10. The Labute approximate surface area is 313 Å². The maximum Gasteiger partial charge on any atom is 0.333 e. The van der Waals surface area contributed by atoms with Crippen molar-refractivity contribution >= 4 is 59.4 Å². The molecule has 0 heterocycles. The molecule has 0 saturated heterocycles. The summed E-state index contributed by atoms with van der Waals surface area (Å²) in [6, 6.07) is -6.56. The second-order valence-corrected chi connectivity index (χ2v) is 14.5. The lowest BCUT2D eigenvalue weighted by Gasteiger charge is -2.35. The van der Waals surface area contributed by atoms with E-state index in [1.165, 1.54) is 54.5 Å². The van der Waals surface area contributed by atoms with Crippen molar-refractivity contribution in [1.29, 1.82) is 0 Å². The van der Waals surface area contributed by atoms with E-state index >= 15 is 0 Å². The summed E-state index contributed by atoms with van der Waals surface area (Å²) in [5.41, 5.74) is 0. The van der Waals surface area contributed by atoms with E-state index in [1.807, 2.05) is 39.9 Å². The van der Waals surface area contributed by atoms with Crippen LogP contribution in [0.1, 0.15) is 74.7 Å². The molecule has 0 aromatic heterocycles. The van der Waals surface area contributed by atoms with E-state index in [-0.39, 0.29) is 24.2 Å². The number of nitrogens with zero attached hydrogens (tertiary/aromatic N) is 5. The maximum absolute atomic E-state index is 13.9. The topological polar surface area (TPSA) is 201 Å². The van der Waals surface area contributed by atoms with Crippen LogP contribution in [0, 0.1) is 11.8 Å². The van der Waals surface area contributed by atoms with Gasteiger partial charge in [0.15, 0.2) is 5.37 Å². The Morgan fingerprint density at radius 3 is 1.75 bits per heavy atom. The molecule has 52 heavy (non-hydrogen) atoms. The molecule has 0 spiro atoms. The molecule has 11 amide bonds. The first kappa shape index (κ1) is 48.1. The van der Waals surface area contributed by atoms with Crippen molar-refractivity contribution in [2.75, 3.05) is 60.6 Å². The molecule has 0 bridgehead atoms. The molecule has 0 aliphatic heterocycles. The van der Waals surface area contributed by atoms with Gasteiger partial charge >= 0.3 is 18.1 Å². The highest BCUT2D eigenvalue weighted by molar-refractivity contribution is 8.00. The number of carbonyl (C=O) groups excluding carboxylic acids is 8. The Morgan fingerprint density at radius 1 is 0.712 bits per heavy atom. The number of rotatable bonds is 19. The van der Waals surface area contributed by atoms with Gasteiger partial charge in [-0.05, 0) is 44.7 Å². The van der Waals surface area contributed by atoms with E-state index in [1.54, 1.807) is 20.9 Å². The zero-order valence-electron chi connectivity index (χ0n) is 33.3. The molecule has 4 N–H and O–H groups in total. The minimum Gasteiger partial charge on any atom is -0.357 e. The molecule has 18 heteroatoms. The molecule has 0 aliphatic rings. The van der Waals surface area contributed by atoms with E-state index in [4.69, 9.17) is 0 Å². The average Bonchev–Trinajstić information content (AvgIpc) is 3.08. The quantitative estimate of drug-likeness (QED) is 0.141. The van der Waals surface area contributed by atoms with Gasteiger partial charge in [0.05, 0.1) is 0 Å². The summed E-state index contributed by atoms with van der Waals surface area (Å²) < 4.78 is 0. The molecule has 0 aliphatic carbocycles. The van der Waals surface area contributed by atoms with Gasteiger partial charge in [0.1, 0.15) is 18.1 Å². The van der Waals surface area contributed by atoms with Gasteiger partial charge < -0.3 is 30.2 Å². The van der Waals surface area contributed by atoms with E-state index in [2.05, 4.69) is 20.9 Å². The number of likely N-dealkylation sites (N-methyl/N-ethyl adjacent to an activating group) is 4. The van der Waals surface area contributed by atoms with Crippen LogP contribution >= 0.6 is 11.8 Å². The van der Waals surface area contributed by atoms with Gasteiger partial charge in [-0.3, -0.25) is 34.6 Å². The third-order valence-corrected chi connectivity index (χ3v) is 9.75. The fourth-order valence-corrected chi connectivity index (χ4v) is 6.52. The van der Waals surface area contributed by atoms with E-state index < -0.39 is 65.2 Å². The van der Waals surface area contributed by atoms with Crippen molar-refractivity contribution in [3.05, 3.63) is 0 Å². The van der Waals surface area contributed by atoms with Crippen LogP contribution < -0.4 is 21.3 Å². The Kier molecular flexibility index (Phi) is 21.8. The molecule has 0 saturated carbocycles. The van der Waals surface area contributed by atoms with Crippen LogP contribution in [0.3, 0.4) is 0 Å². The lowest BCUT2D eigenvalue weighted by molar-refractivity contribution is -0.145. The van der Waals surface area contributed by atoms with Crippen molar-refractivity contribution in [2.24, 2.45) is 11.8 Å². The summed E-state index contributed by atoms with van der Waals surface area (Å²) in [5.74, 6) is -2.37. The van der Waals surface area contributed by atoms with Crippen LogP contribution in [0.25, 0.3) is 0 Å². The number of imide groups is 3. The van der Waals surface area contributed by atoms with Gasteiger partial charge in [0, 0.05) is 54.0 Å². The van der Waals surface area contributed by atoms with Crippen LogP contribution in [-0.4, -0.2) is 156 Å². The molecule has 17 nitrogen and oxygen atoms in total.